The Kier molecular flexibility index (Phi) is 8.21. The number of piperazine rings is 1. The number of pyridine rings is 1. The van der Waals surface area contributed by atoms with E-state index in [4.69, 9.17) is 4.74 Å². The molecule has 2 aromatic carbocycles. The van der Waals surface area contributed by atoms with Crippen LogP contribution in [0.25, 0.3) is 11.3 Å². The summed E-state index contributed by atoms with van der Waals surface area (Å²) in [4.78, 5) is 33.3. The monoisotopic (exact) mass is 539 g/mol. The zero-order valence-corrected chi connectivity index (χ0v) is 22.7. The van der Waals surface area contributed by atoms with Crippen molar-refractivity contribution in [2.24, 2.45) is 0 Å². The fourth-order valence-corrected chi connectivity index (χ4v) is 5.27. The first-order valence-electron chi connectivity index (χ1n) is 13.5. The van der Waals surface area contributed by atoms with Crippen molar-refractivity contribution in [3.8, 4) is 11.3 Å². The molecule has 40 heavy (non-hydrogen) atoms. The van der Waals surface area contributed by atoms with Gasteiger partial charge in [-0.1, -0.05) is 42.5 Å². The van der Waals surface area contributed by atoms with Crippen molar-refractivity contribution in [2.45, 2.75) is 19.8 Å². The van der Waals surface area contributed by atoms with Gasteiger partial charge in [-0.05, 0) is 37.6 Å². The highest BCUT2D eigenvalue weighted by molar-refractivity contribution is 5.92. The van der Waals surface area contributed by atoms with Crippen LogP contribution in [0.3, 0.4) is 0 Å². The van der Waals surface area contributed by atoms with Crippen LogP contribution in [0.4, 0.5) is 11.4 Å². The second-order valence-electron chi connectivity index (χ2n) is 10.1. The van der Waals surface area contributed by atoms with Gasteiger partial charge < -0.3 is 15.0 Å². The third-order valence-electron chi connectivity index (χ3n) is 7.37. The van der Waals surface area contributed by atoms with Gasteiger partial charge in [-0.15, -0.1) is 0 Å². The molecule has 1 aromatic heterocycles. The summed E-state index contributed by atoms with van der Waals surface area (Å²) < 4.78 is 5.78. The molecule has 1 unspecified atom stereocenters. The number of esters is 1. The first kappa shape index (κ1) is 27.1. The van der Waals surface area contributed by atoms with Crippen LogP contribution in [0.5, 0.6) is 0 Å². The zero-order valence-electron chi connectivity index (χ0n) is 22.7. The van der Waals surface area contributed by atoms with Crippen molar-refractivity contribution in [2.75, 3.05) is 44.2 Å². The van der Waals surface area contributed by atoms with E-state index in [1.807, 2.05) is 38.1 Å². The Balaban J connectivity index is 1.21. The minimum Gasteiger partial charge on any atom is -0.461 e. The number of nitro groups is 1. The molecule has 1 atom stereocenters. The lowest BCUT2D eigenvalue weighted by Crippen LogP contribution is -2.47. The maximum absolute atomic E-state index is 13.3. The molecule has 0 spiro atoms. The number of carbonyl (C=O) groups is 1. The van der Waals surface area contributed by atoms with E-state index in [-0.39, 0.29) is 17.6 Å². The van der Waals surface area contributed by atoms with Gasteiger partial charge >= 0.3 is 5.97 Å². The van der Waals surface area contributed by atoms with Crippen LogP contribution >= 0.6 is 0 Å². The summed E-state index contributed by atoms with van der Waals surface area (Å²) in [5.41, 5.74) is 5.65. The number of aromatic nitrogens is 1. The molecular formula is C31H33N5O4. The van der Waals surface area contributed by atoms with E-state index in [9.17, 15) is 14.9 Å². The number of nitrogens with zero attached hydrogens (tertiary/aromatic N) is 4. The number of rotatable bonds is 8. The molecule has 3 heterocycles. The lowest BCUT2D eigenvalue weighted by Gasteiger charge is -2.36. The van der Waals surface area contributed by atoms with Crippen molar-refractivity contribution in [1.82, 2.24) is 15.2 Å². The van der Waals surface area contributed by atoms with Crippen molar-refractivity contribution < 1.29 is 14.5 Å². The number of nitrogens with one attached hydrogen (secondary N) is 1. The number of hydrogen-bond donors (Lipinski definition) is 1. The van der Waals surface area contributed by atoms with Crippen molar-refractivity contribution >= 4 is 17.3 Å². The van der Waals surface area contributed by atoms with Gasteiger partial charge in [0, 0.05) is 79.6 Å². The van der Waals surface area contributed by atoms with Crippen LogP contribution in [0.2, 0.25) is 0 Å². The molecule has 1 fully saturated rings. The molecule has 3 aromatic rings. The quantitative estimate of drug-likeness (QED) is 0.245. The minimum atomic E-state index is -0.420. The highest BCUT2D eigenvalue weighted by atomic mass is 16.6. The van der Waals surface area contributed by atoms with Crippen molar-refractivity contribution in [3.63, 3.8) is 0 Å². The topological polar surface area (TPSA) is 101 Å². The fraction of sp³-hybridized carbons (Fsp3) is 0.290. The molecule has 9 nitrogen and oxygen atoms in total. The summed E-state index contributed by atoms with van der Waals surface area (Å²) in [6.07, 6.45) is 3.72. The number of hydrogen-bond acceptors (Lipinski definition) is 8. The molecule has 0 aliphatic carbocycles. The van der Waals surface area contributed by atoms with Crippen LogP contribution in [0.15, 0.2) is 96.0 Å². The number of benzene rings is 2. The highest BCUT2D eigenvalue weighted by Crippen LogP contribution is 2.33. The predicted octanol–water partition coefficient (Wildman–Crippen LogP) is 4.89. The van der Waals surface area contributed by atoms with Gasteiger partial charge in [0.1, 0.15) is 6.61 Å². The molecule has 1 saturated heterocycles. The summed E-state index contributed by atoms with van der Waals surface area (Å²) in [5.74, 6) is -0.653. The van der Waals surface area contributed by atoms with Crippen LogP contribution in [-0.4, -0.2) is 60.1 Å². The predicted molar refractivity (Wildman–Crippen MR) is 155 cm³/mol. The summed E-state index contributed by atoms with van der Waals surface area (Å²) in [6, 6.07) is 20.5. The average Bonchev–Trinajstić information content (AvgIpc) is 2.97. The van der Waals surface area contributed by atoms with E-state index in [1.54, 1.807) is 18.3 Å². The van der Waals surface area contributed by atoms with Gasteiger partial charge in [-0.2, -0.15) is 0 Å². The van der Waals surface area contributed by atoms with Crippen molar-refractivity contribution in [3.05, 3.63) is 112 Å². The summed E-state index contributed by atoms with van der Waals surface area (Å²) in [6.45, 7) is 8.57. The molecule has 0 amide bonds. The number of nitro benzene ring substituents is 1. The lowest BCUT2D eigenvalue weighted by molar-refractivity contribution is -0.384. The van der Waals surface area contributed by atoms with E-state index in [0.717, 1.165) is 43.1 Å². The maximum Gasteiger partial charge on any atom is 0.336 e. The number of carbonyl (C=O) groups excluding carboxylic acids is 1. The van der Waals surface area contributed by atoms with Crippen molar-refractivity contribution in [1.29, 1.82) is 0 Å². The summed E-state index contributed by atoms with van der Waals surface area (Å²) in [7, 11) is 0. The third kappa shape index (κ3) is 6.21. The lowest BCUT2D eigenvalue weighted by atomic mass is 9.87. The van der Waals surface area contributed by atoms with Crippen LogP contribution in [0.1, 0.15) is 25.3 Å². The van der Waals surface area contributed by atoms with E-state index in [0.29, 0.717) is 30.0 Å². The molecule has 2 aliphatic heterocycles. The molecule has 206 valence electrons. The Morgan fingerprint density at radius 2 is 1.82 bits per heavy atom. The Bertz CT molecular complexity index is 1430. The molecule has 0 saturated carbocycles. The molecular weight excluding hydrogens is 506 g/mol. The number of dihydropyridines is 1. The summed E-state index contributed by atoms with van der Waals surface area (Å²) >= 11 is 0. The normalized spacial score (nSPS) is 17.7. The highest BCUT2D eigenvalue weighted by Gasteiger charge is 2.29. The SMILES string of the molecule is CC1=CC(c2ccc(-c3cccc([N+](=O)[O-])c3)nc2)C(C(=O)OCCN2CCN(c3ccccc3)CC2)=C(C)N1. The Hall–Kier alpha value is -4.50. The first-order chi connectivity index (χ1) is 19.4. The first-order valence-corrected chi connectivity index (χ1v) is 13.5. The van der Waals surface area contributed by atoms with E-state index in [1.165, 1.54) is 17.8 Å². The maximum atomic E-state index is 13.3. The second kappa shape index (κ2) is 12.1. The molecule has 5 rings (SSSR count). The molecule has 9 heteroatoms. The van der Waals surface area contributed by atoms with Crippen LogP contribution in [0, 0.1) is 10.1 Å². The second-order valence-corrected chi connectivity index (χ2v) is 10.1. The van der Waals surface area contributed by atoms with Gasteiger partial charge in [0.15, 0.2) is 0 Å². The standard InChI is InChI=1S/C31H33N5O4/c1-22-19-28(25-11-12-29(32-21-25)24-7-6-10-27(20-24)36(38)39)30(23(2)33-22)31(37)40-18-17-34-13-15-35(16-14-34)26-8-4-3-5-9-26/h3-12,19-21,28,33H,13-18H2,1-2H3. The number of para-hydroxylation sites is 1. The molecule has 0 radical (unpaired) electrons. The number of ether oxygens (including phenoxy) is 1. The van der Waals surface area contributed by atoms with Gasteiger partial charge in [-0.25, -0.2) is 4.79 Å². The van der Waals surface area contributed by atoms with Gasteiger partial charge in [-0.3, -0.25) is 20.0 Å². The molecule has 2 aliphatic rings. The minimum absolute atomic E-state index is 0.0157. The average molecular weight is 540 g/mol. The smallest absolute Gasteiger partial charge is 0.336 e. The van der Waals surface area contributed by atoms with Crippen LogP contribution < -0.4 is 10.2 Å². The molecule has 0 bridgehead atoms. The number of non-ortho nitro benzene ring substituents is 1. The van der Waals surface area contributed by atoms with E-state index >= 15 is 0 Å². The van der Waals surface area contributed by atoms with E-state index < -0.39 is 4.92 Å². The number of anilines is 1. The number of allylic oxidation sites excluding steroid dienone is 3. The fourth-order valence-electron chi connectivity index (χ4n) is 5.27. The Morgan fingerprint density at radius 3 is 2.52 bits per heavy atom. The zero-order chi connectivity index (χ0) is 28.1. The Morgan fingerprint density at radius 1 is 1.05 bits per heavy atom. The van der Waals surface area contributed by atoms with E-state index in [2.05, 4.69) is 44.4 Å². The van der Waals surface area contributed by atoms with Crippen LogP contribution in [-0.2, 0) is 9.53 Å². The Labute approximate surface area is 233 Å². The summed E-state index contributed by atoms with van der Waals surface area (Å²) in [5, 5.41) is 14.4. The van der Waals surface area contributed by atoms with Gasteiger partial charge in [0.2, 0.25) is 0 Å². The third-order valence-corrected chi connectivity index (χ3v) is 7.37. The largest absolute Gasteiger partial charge is 0.461 e. The van der Waals surface area contributed by atoms with Gasteiger partial charge in [0.25, 0.3) is 5.69 Å². The van der Waals surface area contributed by atoms with Gasteiger partial charge in [0.05, 0.1) is 16.2 Å². The molecule has 1 N–H and O–H groups in total.